The van der Waals surface area contributed by atoms with Gasteiger partial charge in [0.25, 0.3) is 0 Å². The molecule has 4 heteroatoms. The number of halogens is 2. The first-order chi connectivity index (χ1) is 10.1. The summed E-state index contributed by atoms with van der Waals surface area (Å²) in [5.41, 5.74) is 1.50. The van der Waals surface area contributed by atoms with E-state index in [4.69, 9.17) is 23.2 Å². The lowest BCUT2D eigenvalue weighted by Gasteiger charge is -2.02. The Morgan fingerprint density at radius 2 is 1.81 bits per heavy atom. The van der Waals surface area contributed by atoms with Crippen molar-refractivity contribution in [3.05, 3.63) is 33.9 Å². The molecule has 1 heterocycles. The van der Waals surface area contributed by atoms with E-state index in [0.717, 1.165) is 23.7 Å². The van der Waals surface area contributed by atoms with Gasteiger partial charge in [-0.05, 0) is 18.6 Å². The maximum Gasteiger partial charge on any atom is 0.165 e. The number of rotatable bonds is 8. The second-order valence-electron chi connectivity index (χ2n) is 5.45. The van der Waals surface area contributed by atoms with Gasteiger partial charge in [0, 0.05) is 34.1 Å². The Balaban J connectivity index is 1.97. The van der Waals surface area contributed by atoms with Gasteiger partial charge in [-0.1, -0.05) is 62.2 Å². The van der Waals surface area contributed by atoms with Crippen LogP contribution in [0, 0.1) is 0 Å². The van der Waals surface area contributed by atoms with Crippen LogP contribution in [-0.4, -0.2) is 10.8 Å². The Kier molecular flexibility index (Phi) is 6.13. The van der Waals surface area contributed by atoms with Gasteiger partial charge in [-0.3, -0.25) is 4.79 Å². The molecule has 0 unspecified atom stereocenters. The number of H-pyrrole nitrogens is 1. The number of fused-ring (bicyclic) bond motifs is 1. The highest BCUT2D eigenvalue weighted by molar-refractivity contribution is 6.39. The molecule has 0 amide bonds. The van der Waals surface area contributed by atoms with Crippen molar-refractivity contribution in [3.63, 3.8) is 0 Å². The van der Waals surface area contributed by atoms with Crippen LogP contribution in [0.5, 0.6) is 0 Å². The fourth-order valence-electron chi connectivity index (χ4n) is 2.60. The van der Waals surface area contributed by atoms with Crippen LogP contribution in [0.4, 0.5) is 0 Å². The highest BCUT2D eigenvalue weighted by Gasteiger charge is 2.15. The molecular weight excluding hydrogens is 305 g/mol. The van der Waals surface area contributed by atoms with Crippen molar-refractivity contribution in [2.45, 2.75) is 51.9 Å². The van der Waals surface area contributed by atoms with Crippen molar-refractivity contribution >= 4 is 39.9 Å². The number of ketones is 1. The molecule has 2 aromatic rings. The summed E-state index contributed by atoms with van der Waals surface area (Å²) in [4.78, 5) is 15.4. The Bertz CT molecular complexity index is 619. The molecule has 21 heavy (non-hydrogen) atoms. The molecule has 2 rings (SSSR count). The fourth-order valence-corrected chi connectivity index (χ4v) is 3.20. The average Bonchev–Trinajstić information content (AvgIpc) is 2.86. The van der Waals surface area contributed by atoms with Gasteiger partial charge in [0.05, 0.1) is 5.02 Å². The van der Waals surface area contributed by atoms with Gasteiger partial charge in [-0.15, -0.1) is 0 Å². The van der Waals surface area contributed by atoms with E-state index in [2.05, 4.69) is 11.9 Å². The summed E-state index contributed by atoms with van der Waals surface area (Å²) in [5.74, 6) is 0.154. The van der Waals surface area contributed by atoms with Gasteiger partial charge in [-0.25, -0.2) is 0 Å². The van der Waals surface area contributed by atoms with E-state index >= 15 is 0 Å². The molecule has 1 aromatic heterocycles. The highest BCUT2D eigenvalue weighted by Crippen LogP contribution is 2.31. The van der Waals surface area contributed by atoms with Gasteiger partial charge in [0.15, 0.2) is 5.78 Å². The standard InChI is InChI=1S/C17H21Cl2NO/c1-2-3-4-5-6-7-8-16(21)13-11-20-15-10-12(18)9-14(19)17(13)15/h9-11,20H,2-8H2,1H3. The van der Waals surface area contributed by atoms with E-state index in [1.165, 1.54) is 25.7 Å². The normalized spacial score (nSPS) is 11.2. The molecular formula is C17H21Cl2NO. The SMILES string of the molecule is CCCCCCCCC(=O)c1c[nH]c2cc(Cl)cc(Cl)c12. The van der Waals surface area contributed by atoms with Gasteiger partial charge >= 0.3 is 0 Å². The number of benzene rings is 1. The van der Waals surface area contributed by atoms with Crippen LogP contribution in [-0.2, 0) is 0 Å². The molecule has 0 saturated carbocycles. The number of nitrogens with one attached hydrogen (secondary N) is 1. The van der Waals surface area contributed by atoms with Crippen LogP contribution in [0.1, 0.15) is 62.2 Å². The van der Waals surface area contributed by atoms with Gasteiger partial charge in [0.2, 0.25) is 0 Å². The second kappa shape index (κ2) is 7.86. The van der Waals surface area contributed by atoms with Gasteiger partial charge in [0.1, 0.15) is 0 Å². The first kappa shape index (κ1) is 16.4. The summed E-state index contributed by atoms with van der Waals surface area (Å²) in [6, 6.07) is 3.48. The molecule has 0 atom stereocenters. The first-order valence-corrected chi connectivity index (χ1v) is 8.38. The lowest BCUT2D eigenvalue weighted by molar-refractivity contribution is 0.0980. The van der Waals surface area contributed by atoms with Crippen LogP contribution in [0.2, 0.25) is 10.0 Å². The molecule has 0 fully saturated rings. The van der Waals surface area contributed by atoms with Crippen LogP contribution in [0.15, 0.2) is 18.3 Å². The Labute approximate surface area is 135 Å². The lowest BCUT2D eigenvalue weighted by atomic mass is 10.0. The summed E-state index contributed by atoms with van der Waals surface area (Å²) in [7, 11) is 0. The fraction of sp³-hybridized carbons (Fsp3) is 0.471. The van der Waals surface area contributed by atoms with Crippen LogP contribution in [0.25, 0.3) is 10.9 Å². The maximum atomic E-state index is 12.3. The number of carbonyl (C=O) groups is 1. The molecule has 0 radical (unpaired) electrons. The smallest absolute Gasteiger partial charge is 0.165 e. The molecule has 1 aromatic carbocycles. The van der Waals surface area contributed by atoms with Crippen LogP contribution < -0.4 is 0 Å². The van der Waals surface area contributed by atoms with Crippen molar-refractivity contribution in [2.75, 3.05) is 0 Å². The van der Waals surface area contributed by atoms with Crippen LogP contribution in [0.3, 0.4) is 0 Å². The third-order valence-corrected chi connectivity index (χ3v) is 4.27. The molecule has 114 valence electrons. The minimum Gasteiger partial charge on any atom is -0.360 e. The van der Waals surface area contributed by atoms with Crippen molar-refractivity contribution < 1.29 is 4.79 Å². The Morgan fingerprint density at radius 1 is 1.10 bits per heavy atom. The summed E-state index contributed by atoms with van der Waals surface area (Å²) in [5, 5.41) is 1.89. The maximum absolute atomic E-state index is 12.3. The molecule has 0 bridgehead atoms. The third kappa shape index (κ3) is 4.24. The zero-order valence-electron chi connectivity index (χ0n) is 12.3. The number of unbranched alkanes of at least 4 members (excludes halogenated alkanes) is 5. The third-order valence-electron chi connectivity index (χ3n) is 3.75. The van der Waals surface area contributed by atoms with Gasteiger partial charge in [-0.2, -0.15) is 0 Å². The zero-order valence-corrected chi connectivity index (χ0v) is 13.9. The largest absolute Gasteiger partial charge is 0.360 e. The van der Waals surface area contributed by atoms with E-state index in [9.17, 15) is 4.79 Å². The summed E-state index contributed by atoms with van der Waals surface area (Å²) in [6.45, 7) is 2.20. The van der Waals surface area contributed by atoms with E-state index in [0.29, 0.717) is 22.0 Å². The number of carbonyl (C=O) groups excluding carboxylic acids is 1. The quantitative estimate of drug-likeness (QED) is 0.441. The van der Waals surface area contributed by atoms with Gasteiger partial charge < -0.3 is 4.98 Å². The predicted octanol–water partition coefficient (Wildman–Crippen LogP) is 6.41. The molecule has 0 spiro atoms. The number of hydrogen-bond donors (Lipinski definition) is 1. The monoisotopic (exact) mass is 325 g/mol. The minimum atomic E-state index is 0.154. The minimum absolute atomic E-state index is 0.154. The van der Waals surface area contributed by atoms with Crippen molar-refractivity contribution in [3.8, 4) is 0 Å². The summed E-state index contributed by atoms with van der Waals surface area (Å²) >= 11 is 12.2. The number of Topliss-reactive ketones (excluding diaryl/α,β-unsaturated/α-hetero) is 1. The number of aromatic amines is 1. The predicted molar refractivity (Wildman–Crippen MR) is 90.6 cm³/mol. The summed E-state index contributed by atoms with van der Waals surface area (Å²) in [6.07, 6.45) is 9.40. The molecule has 1 N–H and O–H groups in total. The molecule has 0 aliphatic carbocycles. The zero-order chi connectivity index (χ0) is 15.2. The molecule has 0 saturated heterocycles. The van der Waals surface area contributed by atoms with Crippen molar-refractivity contribution in [2.24, 2.45) is 0 Å². The first-order valence-electron chi connectivity index (χ1n) is 7.62. The molecule has 2 nitrogen and oxygen atoms in total. The van der Waals surface area contributed by atoms with E-state index in [1.54, 1.807) is 18.3 Å². The molecule has 0 aliphatic rings. The van der Waals surface area contributed by atoms with Crippen molar-refractivity contribution in [1.29, 1.82) is 0 Å². The van der Waals surface area contributed by atoms with E-state index in [1.807, 2.05) is 0 Å². The topological polar surface area (TPSA) is 32.9 Å². The number of aromatic nitrogens is 1. The Hall–Kier alpha value is -0.990. The Morgan fingerprint density at radius 3 is 2.57 bits per heavy atom. The van der Waals surface area contributed by atoms with Crippen molar-refractivity contribution in [1.82, 2.24) is 4.98 Å². The highest BCUT2D eigenvalue weighted by atomic mass is 35.5. The van der Waals surface area contributed by atoms with E-state index in [-0.39, 0.29) is 5.78 Å². The summed E-state index contributed by atoms with van der Waals surface area (Å²) < 4.78 is 0. The lowest BCUT2D eigenvalue weighted by Crippen LogP contribution is -1.98. The average molecular weight is 326 g/mol. The number of hydrogen-bond acceptors (Lipinski definition) is 1. The molecule has 0 aliphatic heterocycles. The van der Waals surface area contributed by atoms with Crippen LogP contribution >= 0.6 is 23.2 Å². The van der Waals surface area contributed by atoms with E-state index < -0.39 is 0 Å². The second-order valence-corrected chi connectivity index (χ2v) is 6.30.